The predicted octanol–water partition coefficient (Wildman–Crippen LogP) is 4.28. The van der Waals surface area contributed by atoms with Gasteiger partial charge in [0.2, 0.25) is 0 Å². The second-order valence-corrected chi connectivity index (χ2v) is 7.00. The number of ether oxygens (including phenoxy) is 2. The summed E-state index contributed by atoms with van der Waals surface area (Å²) in [5.41, 5.74) is 1.32. The molecule has 2 bridgehead atoms. The molecule has 124 valence electrons. The van der Waals surface area contributed by atoms with Crippen LogP contribution in [0.1, 0.15) is 24.9 Å². The van der Waals surface area contributed by atoms with Gasteiger partial charge >= 0.3 is 0 Å². The van der Waals surface area contributed by atoms with Gasteiger partial charge in [-0.25, -0.2) is 0 Å². The SMILES string of the molecule is COc1ccc(Cl)cc1N1C(=S)N[C@H]2C[C@@]1(C)Oc1ccccc12. The highest BCUT2D eigenvalue weighted by Gasteiger charge is 2.48. The highest BCUT2D eigenvalue weighted by atomic mass is 35.5. The molecule has 0 spiro atoms. The first kappa shape index (κ1) is 15.5. The van der Waals surface area contributed by atoms with E-state index in [0.29, 0.717) is 15.9 Å². The van der Waals surface area contributed by atoms with Gasteiger partial charge in [0, 0.05) is 17.0 Å². The van der Waals surface area contributed by atoms with Crippen LogP contribution in [0.3, 0.4) is 0 Å². The molecule has 0 aliphatic carbocycles. The van der Waals surface area contributed by atoms with Crippen LogP contribution >= 0.6 is 23.8 Å². The molecule has 0 radical (unpaired) electrons. The minimum Gasteiger partial charge on any atom is -0.495 e. The Morgan fingerprint density at radius 2 is 2.12 bits per heavy atom. The van der Waals surface area contributed by atoms with E-state index in [1.807, 2.05) is 42.2 Å². The number of anilines is 1. The number of hydrogen-bond acceptors (Lipinski definition) is 3. The molecule has 2 aliphatic rings. The summed E-state index contributed by atoms with van der Waals surface area (Å²) >= 11 is 11.9. The van der Waals surface area contributed by atoms with Crippen LogP contribution in [0.15, 0.2) is 42.5 Å². The third-order valence-corrected chi connectivity index (χ3v) is 5.10. The van der Waals surface area contributed by atoms with Crippen LogP contribution in [0.5, 0.6) is 11.5 Å². The van der Waals surface area contributed by atoms with Crippen molar-refractivity contribution in [3.8, 4) is 11.5 Å². The summed E-state index contributed by atoms with van der Waals surface area (Å²) in [6, 6.07) is 13.7. The fraction of sp³-hybridized carbons (Fsp3) is 0.278. The zero-order valence-corrected chi connectivity index (χ0v) is 14.9. The van der Waals surface area contributed by atoms with E-state index in [9.17, 15) is 0 Å². The molecule has 2 atom stereocenters. The number of halogens is 1. The van der Waals surface area contributed by atoms with Gasteiger partial charge in [0.25, 0.3) is 0 Å². The molecule has 2 heterocycles. The minimum absolute atomic E-state index is 0.133. The second kappa shape index (κ2) is 5.53. The molecular formula is C18H17ClN2O2S. The molecule has 4 rings (SSSR count). The Labute approximate surface area is 151 Å². The van der Waals surface area contributed by atoms with Crippen LogP contribution in [0, 0.1) is 0 Å². The summed E-state index contributed by atoms with van der Waals surface area (Å²) in [5, 5.41) is 4.65. The van der Waals surface area contributed by atoms with Crippen LogP contribution in [-0.4, -0.2) is 17.9 Å². The Kier molecular flexibility index (Phi) is 3.58. The van der Waals surface area contributed by atoms with E-state index in [4.69, 9.17) is 33.3 Å². The maximum Gasteiger partial charge on any atom is 0.188 e. The fourth-order valence-corrected chi connectivity index (χ4v) is 4.12. The largest absolute Gasteiger partial charge is 0.495 e. The van der Waals surface area contributed by atoms with Gasteiger partial charge in [0.15, 0.2) is 10.8 Å². The first-order valence-electron chi connectivity index (χ1n) is 7.74. The van der Waals surface area contributed by atoms with Gasteiger partial charge in [0.1, 0.15) is 11.5 Å². The van der Waals surface area contributed by atoms with Gasteiger partial charge < -0.3 is 14.8 Å². The lowest BCUT2D eigenvalue weighted by atomic mass is 9.90. The van der Waals surface area contributed by atoms with Gasteiger partial charge in [0.05, 0.1) is 18.8 Å². The van der Waals surface area contributed by atoms with Crippen molar-refractivity contribution in [2.45, 2.75) is 25.1 Å². The first-order valence-corrected chi connectivity index (χ1v) is 8.53. The lowest BCUT2D eigenvalue weighted by molar-refractivity contribution is 0.0494. The van der Waals surface area contributed by atoms with Gasteiger partial charge in [-0.05, 0) is 43.4 Å². The second-order valence-electron chi connectivity index (χ2n) is 6.17. The maximum absolute atomic E-state index is 6.37. The van der Waals surface area contributed by atoms with Crippen molar-refractivity contribution < 1.29 is 9.47 Å². The molecule has 1 fully saturated rings. The Morgan fingerprint density at radius 3 is 2.92 bits per heavy atom. The lowest BCUT2D eigenvalue weighted by Gasteiger charge is -2.52. The zero-order valence-electron chi connectivity index (χ0n) is 13.4. The molecule has 4 nitrogen and oxygen atoms in total. The fourth-order valence-electron chi connectivity index (χ4n) is 3.52. The number of rotatable bonds is 2. The lowest BCUT2D eigenvalue weighted by Crippen LogP contribution is -2.65. The number of para-hydroxylation sites is 1. The van der Waals surface area contributed by atoms with Crippen molar-refractivity contribution in [1.29, 1.82) is 0 Å². The van der Waals surface area contributed by atoms with Crippen molar-refractivity contribution >= 4 is 34.6 Å². The number of fused-ring (bicyclic) bond motifs is 4. The Hall–Kier alpha value is -1.98. The third-order valence-electron chi connectivity index (χ3n) is 4.56. The molecule has 2 aromatic rings. The molecule has 1 N–H and O–H groups in total. The smallest absolute Gasteiger partial charge is 0.188 e. The summed E-state index contributed by atoms with van der Waals surface area (Å²) < 4.78 is 11.9. The third kappa shape index (κ3) is 2.31. The molecule has 0 aromatic heterocycles. The van der Waals surface area contributed by atoms with E-state index >= 15 is 0 Å². The molecule has 0 amide bonds. The molecule has 0 saturated carbocycles. The van der Waals surface area contributed by atoms with Crippen molar-refractivity contribution in [2.24, 2.45) is 0 Å². The van der Waals surface area contributed by atoms with Crippen molar-refractivity contribution in [2.75, 3.05) is 12.0 Å². The number of nitrogens with zero attached hydrogens (tertiary/aromatic N) is 1. The van der Waals surface area contributed by atoms with Crippen LogP contribution in [-0.2, 0) is 0 Å². The number of benzene rings is 2. The van der Waals surface area contributed by atoms with Crippen LogP contribution in [0.4, 0.5) is 5.69 Å². The quantitative estimate of drug-likeness (QED) is 0.808. The van der Waals surface area contributed by atoms with Crippen molar-refractivity contribution in [1.82, 2.24) is 5.32 Å². The van der Waals surface area contributed by atoms with Gasteiger partial charge in [-0.2, -0.15) is 0 Å². The minimum atomic E-state index is -0.612. The molecule has 2 aliphatic heterocycles. The standard InChI is InChI=1S/C18H17ClN2O2S/c1-18-10-13(12-5-3-4-6-15(12)23-18)20-17(24)21(18)14-9-11(19)7-8-16(14)22-2/h3-9,13H,10H2,1-2H3,(H,20,24)/t13-,18+/m0/s1. The highest BCUT2D eigenvalue weighted by molar-refractivity contribution is 7.80. The molecule has 6 heteroatoms. The van der Waals surface area contributed by atoms with Crippen LogP contribution < -0.4 is 19.7 Å². The number of hydrogen-bond donors (Lipinski definition) is 1. The van der Waals surface area contributed by atoms with Crippen LogP contribution in [0.25, 0.3) is 0 Å². The van der Waals surface area contributed by atoms with Crippen LogP contribution in [0.2, 0.25) is 5.02 Å². The normalized spacial score (nSPS) is 24.7. The first-order chi connectivity index (χ1) is 11.5. The van der Waals surface area contributed by atoms with E-state index < -0.39 is 5.72 Å². The number of nitrogens with one attached hydrogen (secondary N) is 1. The molecular weight excluding hydrogens is 344 g/mol. The van der Waals surface area contributed by atoms with E-state index in [1.165, 1.54) is 0 Å². The summed E-state index contributed by atoms with van der Waals surface area (Å²) in [7, 11) is 1.63. The average Bonchev–Trinajstić information content (AvgIpc) is 2.54. The molecule has 0 unspecified atom stereocenters. The summed E-state index contributed by atoms with van der Waals surface area (Å²) in [6.45, 7) is 2.05. The van der Waals surface area contributed by atoms with Gasteiger partial charge in [-0.1, -0.05) is 29.8 Å². The molecule has 24 heavy (non-hydrogen) atoms. The monoisotopic (exact) mass is 360 g/mol. The molecule has 1 saturated heterocycles. The zero-order chi connectivity index (χ0) is 16.9. The Bertz CT molecular complexity index is 828. The predicted molar refractivity (Wildman–Crippen MR) is 99.0 cm³/mol. The van der Waals surface area contributed by atoms with Crippen molar-refractivity contribution in [3.05, 3.63) is 53.1 Å². The average molecular weight is 361 g/mol. The molecule has 2 aromatic carbocycles. The van der Waals surface area contributed by atoms with Gasteiger partial charge in [-0.3, -0.25) is 4.90 Å². The summed E-state index contributed by atoms with van der Waals surface area (Å²) in [4.78, 5) is 1.96. The maximum atomic E-state index is 6.37. The highest BCUT2D eigenvalue weighted by Crippen LogP contribution is 2.47. The summed E-state index contributed by atoms with van der Waals surface area (Å²) in [5.74, 6) is 1.57. The Morgan fingerprint density at radius 1 is 1.33 bits per heavy atom. The van der Waals surface area contributed by atoms with E-state index in [-0.39, 0.29) is 6.04 Å². The topological polar surface area (TPSA) is 33.7 Å². The van der Waals surface area contributed by atoms with E-state index in [1.54, 1.807) is 13.2 Å². The van der Waals surface area contributed by atoms with E-state index in [0.717, 1.165) is 23.4 Å². The Balaban J connectivity index is 1.84. The van der Waals surface area contributed by atoms with Crippen molar-refractivity contribution in [3.63, 3.8) is 0 Å². The van der Waals surface area contributed by atoms with Gasteiger partial charge in [-0.15, -0.1) is 0 Å². The number of thiocarbonyl (C=S) groups is 1. The summed E-state index contributed by atoms with van der Waals surface area (Å²) in [6.07, 6.45) is 0.764. The van der Waals surface area contributed by atoms with E-state index in [2.05, 4.69) is 11.4 Å². The number of methoxy groups -OCH3 is 1.